The Morgan fingerprint density at radius 3 is 2.50 bits per heavy atom. The molecule has 0 N–H and O–H groups in total. The molecule has 1 unspecified atom stereocenters. The molecule has 1 saturated carbocycles. The number of aromatic nitrogens is 2. The Kier molecular flexibility index (Phi) is 3.62. The Balaban J connectivity index is 1.31. The molecule has 4 nitrogen and oxygen atoms in total. The quantitative estimate of drug-likeness (QED) is 0.869. The average molecular weight is 297 g/mol. The summed E-state index contributed by atoms with van der Waals surface area (Å²) in [5.41, 5.74) is 1.18. The van der Waals surface area contributed by atoms with Crippen molar-refractivity contribution in [1.29, 1.82) is 0 Å². The van der Waals surface area contributed by atoms with Crippen molar-refractivity contribution in [2.24, 2.45) is 18.9 Å². The molecule has 1 aromatic heterocycles. The maximum atomic E-state index is 6.13. The van der Waals surface area contributed by atoms with Crippen LogP contribution in [0, 0.1) is 11.8 Å². The number of hydrogen-bond acceptors (Lipinski definition) is 3. The highest BCUT2D eigenvalue weighted by atomic mass is 16.5. The second kappa shape index (κ2) is 5.76. The zero-order valence-corrected chi connectivity index (χ0v) is 13.1. The van der Waals surface area contributed by atoms with Crippen molar-refractivity contribution < 1.29 is 4.74 Å². The van der Waals surface area contributed by atoms with Gasteiger partial charge in [0.25, 0.3) is 0 Å². The summed E-state index contributed by atoms with van der Waals surface area (Å²) < 4.78 is 8.16. The summed E-state index contributed by atoms with van der Waals surface area (Å²) in [4.78, 5) is 6.99. The van der Waals surface area contributed by atoms with E-state index in [0.29, 0.717) is 6.10 Å². The van der Waals surface area contributed by atoms with Crippen LogP contribution in [0.3, 0.4) is 0 Å². The number of likely N-dealkylation sites (tertiary alicyclic amines) is 1. The number of fused-ring (bicyclic) bond motifs is 1. The minimum atomic E-state index is 0.398. The number of para-hydroxylation sites is 1. The molecule has 2 fully saturated rings. The van der Waals surface area contributed by atoms with Gasteiger partial charge in [0.2, 0.25) is 0 Å². The van der Waals surface area contributed by atoms with Crippen LogP contribution in [0.1, 0.15) is 18.5 Å². The molecule has 1 saturated heterocycles. The molecule has 1 aromatic carbocycles. The van der Waals surface area contributed by atoms with Crippen LogP contribution >= 0.6 is 0 Å². The van der Waals surface area contributed by atoms with E-state index in [1.807, 2.05) is 36.1 Å². The van der Waals surface area contributed by atoms with Crippen molar-refractivity contribution in [2.45, 2.75) is 25.5 Å². The van der Waals surface area contributed by atoms with E-state index in [0.717, 1.165) is 24.1 Å². The molecule has 4 heteroatoms. The van der Waals surface area contributed by atoms with Gasteiger partial charge in [0.1, 0.15) is 5.75 Å². The van der Waals surface area contributed by atoms with Gasteiger partial charge in [-0.05, 0) is 36.8 Å². The van der Waals surface area contributed by atoms with Crippen molar-refractivity contribution in [3.63, 3.8) is 0 Å². The highest BCUT2D eigenvalue weighted by Gasteiger charge is 2.41. The van der Waals surface area contributed by atoms with Crippen LogP contribution in [-0.2, 0) is 13.6 Å². The first-order valence-corrected chi connectivity index (χ1v) is 8.17. The summed E-state index contributed by atoms with van der Waals surface area (Å²) in [6, 6.07) is 10.2. The Morgan fingerprint density at radius 2 is 1.86 bits per heavy atom. The fourth-order valence-corrected chi connectivity index (χ4v) is 4.04. The van der Waals surface area contributed by atoms with E-state index in [4.69, 9.17) is 4.74 Å². The van der Waals surface area contributed by atoms with Gasteiger partial charge in [-0.25, -0.2) is 4.98 Å². The predicted octanol–water partition coefficient (Wildman–Crippen LogP) is 2.71. The molecule has 0 spiro atoms. The number of ether oxygens (including phenoxy) is 1. The van der Waals surface area contributed by atoms with Gasteiger partial charge in [-0.15, -0.1) is 0 Å². The second-order valence-electron chi connectivity index (χ2n) is 6.77. The molecule has 1 aliphatic heterocycles. The van der Waals surface area contributed by atoms with Gasteiger partial charge in [-0.3, -0.25) is 4.90 Å². The Morgan fingerprint density at radius 1 is 1.14 bits per heavy atom. The maximum absolute atomic E-state index is 6.13. The van der Waals surface area contributed by atoms with E-state index in [2.05, 4.69) is 28.2 Å². The molecular formula is C18H23N3O. The number of hydrogen-bond donors (Lipinski definition) is 0. The smallest absolute Gasteiger partial charge is 0.119 e. The van der Waals surface area contributed by atoms with Crippen LogP contribution in [0.5, 0.6) is 5.75 Å². The van der Waals surface area contributed by atoms with Crippen molar-refractivity contribution in [1.82, 2.24) is 14.5 Å². The number of rotatable bonds is 4. The lowest BCUT2D eigenvalue weighted by Gasteiger charge is -2.19. The van der Waals surface area contributed by atoms with Crippen LogP contribution in [0.15, 0.2) is 42.9 Å². The van der Waals surface area contributed by atoms with Crippen LogP contribution in [0.2, 0.25) is 0 Å². The third-order valence-corrected chi connectivity index (χ3v) is 4.97. The minimum absolute atomic E-state index is 0.398. The zero-order chi connectivity index (χ0) is 14.9. The van der Waals surface area contributed by atoms with Crippen molar-refractivity contribution in [3.8, 4) is 5.75 Å². The fraction of sp³-hybridized carbons (Fsp3) is 0.500. The lowest BCUT2D eigenvalue weighted by Crippen LogP contribution is -2.24. The van der Waals surface area contributed by atoms with Gasteiger partial charge in [0.05, 0.1) is 18.1 Å². The first-order chi connectivity index (χ1) is 10.8. The summed E-state index contributed by atoms with van der Waals surface area (Å²) in [6.45, 7) is 3.36. The van der Waals surface area contributed by atoms with Crippen LogP contribution < -0.4 is 4.74 Å². The highest BCUT2D eigenvalue weighted by Crippen LogP contribution is 2.40. The summed E-state index contributed by atoms with van der Waals surface area (Å²) in [6.07, 6.45) is 6.79. The third kappa shape index (κ3) is 2.88. The molecule has 3 atom stereocenters. The number of aryl methyl sites for hydroxylation is 1. The van der Waals surface area contributed by atoms with Crippen LogP contribution in [0.4, 0.5) is 0 Å². The monoisotopic (exact) mass is 297 g/mol. The van der Waals surface area contributed by atoms with E-state index in [1.54, 1.807) is 0 Å². The number of benzene rings is 1. The predicted molar refractivity (Wildman–Crippen MR) is 85.6 cm³/mol. The molecule has 0 bridgehead atoms. The minimum Gasteiger partial charge on any atom is -0.490 e. The fourth-order valence-electron chi connectivity index (χ4n) is 4.04. The van der Waals surface area contributed by atoms with E-state index < -0.39 is 0 Å². The standard InChI is InChI=1S/C18H23N3O/c1-20-11-16(19-13-20)12-21-9-14-7-18(8-15(14)10-21)22-17-5-3-2-4-6-17/h2-6,11,13-15,18H,7-10,12H2,1H3/t14-,15+,18?. The Bertz CT molecular complexity index is 610. The summed E-state index contributed by atoms with van der Waals surface area (Å²) in [5, 5.41) is 0. The average Bonchev–Trinajstić information content (AvgIpc) is 3.16. The Labute approximate surface area is 131 Å². The van der Waals surface area contributed by atoms with Crippen molar-refractivity contribution in [2.75, 3.05) is 13.1 Å². The van der Waals surface area contributed by atoms with E-state index in [1.165, 1.54) is 31.6 Å². The van der Waals surface area contributed by atoms with E-state index >= 15 is 0 Å². The normalized spacial score (nSPS) is 28.0. The topological polar surface area (TPSA) is 30.3 Å². The lowest BCUT2D eigenvalue weighted by atomic mass is 10.0. The molecule has 0 amide bonds. The first-order valence-electron chi connectivity index (χ1n) is 8.17. The number of nitrogens with zero attached hydrogens (tertiary/aromatic N) is 3. The zero-order valence-electron chi connectivity index (χ0n) is 13.1. The largest absolute Gasteiger partial charge is 0.490 e. The first kappa shape index (κ1) is 13.8. The summed E-state index contributed by atoms with van der Waals surface area (Å²) in [5.74, 6) is 2.59. The molecule has 2 aliphatic rings. The highest BCUT2D eigenvalue weighted by molar-refractivity contribution is 5.21. The van der Waals surface area contributed by atoms with Crippen molar-refractivity contribution in [3.05, 3.63) is 48.5 Å². The SMILES string of the molecule is Cn1cnc(CN2C[C@H]3CC(Oc4ccccc4)C[C@H]3C2)c1. The van der Waals surface area contributed by atoms with Gasteiger partial charge in [0, 0.05) is 32.9 Å². The third-order valence-electron chi connectivity index (χ3n) is 4.97. The molecular weight excluding hydrogens is 274 g/mol. The van der Waals surface area contributed by atoms with Crippen LogP contribution in [-0.4, -0.2) is 33.6 Å². The number of imidazole rings is 1. The maximum Gasteiger partial charge on any atom is 0.119 e. The van der Waals surface area contributed by atoms with Crippen molar-refractivity contribution >= 4 is 0 Å². The van der Waals surface area contributed by atoms with Gasteiger partial charge >= 0.3 is 0 Å². The Hall–Kier alpha value is -1.81. The molecule has 116 valence electrons. The molecule has 0 radical (unpaired) electrons. The van der Waals surface area contributed by atoms with Gasteiger partial charge in [-0.2, -0.15) is 0 Å². The van der Waals surface area contributed by atoms with Gasteiger partial charge in [0.15, 0.2) is 0 Å². The lowest BCUT2D eigenvalue weighted by molar-refractivity contribution is 0.184. The molecule has 22 heavy (non-hydrogen) atoms. The molecule has 2 aromatic rings. The molecule has 1 aliphatic carbocycles. The summed E-state index contributed by atoms with van der Waals surface area (Å²) in [7, 11) is 2.03. The van der Waals surface area contributed by atoms with Gasteiger partial charge in [-0.1, -0.05) is 18.2 Å². The molecule has 4 rings (SSSR count). The molecule has 2 heterocycles. The van der Waals surface area contributed by atoms with Gasteiger partial charge < -0.3 is 9.30 Å². The van der Waals surface area contributed by atoms with E-state index in [-0.39, 0.29) is 0 Å². The van der Waals surface area contributed by atoms with Crippen LogP contribution in [0.25, 0.3) is 0 Å². The second-order valence-corrected chi connectivity index (χ2v) is 6.77. The summed E-state index contributed by atoms with van der Waals surface area (Å²) >= 11 is 0. The van der Waals surface area contributed by atoms with E-state index in [9.17, 15) is 0 Å².